The van der Waals surface area contributed by atoms with Crippen molar-refractivity contribution in [3.05, 3.63) is 77.7 Å². The van der Waals surface area contributed by atoms with Crippen molar-refractivity contribution in [2.24, 2.45) is 5.92 Å². The maximum absolute atomic E-state index is 12.7. The Hall–Kier alpha value is -4.27. The lowest BCUT2D eigenvalue weighted by atomic mass is 9.95. The number of carbonyl (C=O) groups excluding carboxylic acids is 1. The van der Waals surface area contributed by atoms with Crippen LogP contribution in [0.4, 0.5) is 5.82 Å². The summed E-state index contributed by atoms with van der Waals surface area (Å²) < 4.78 is 0. The Labute approximate surface area is 190 Å². The average molecular weight is 448 g/mol. The minimum atomic E-state index is -1.34. The van der Waals surface area contributed by atoms with Gasteiger partial charge in [-0.3, -0.25) is 9.59 Å². The first kappa shape index (κ1) is 23.4. The Morgan fingerprint density at radius 3 is 2.21 bits per heavy atom. The Balaban J connectivity index is 1.79. The monoisotopic (exact) mass is 448 g/mol. The van der Waals surface area contributed by atoms with Crippen LogP contribution in [0.25, 0.3) is 11.1 Å². The van der Waals surface area contributed by atoms with Crippen molar-refractivity contribution in [3.63, 3.8) is 0 Å². The number of nitrogens with two attached hydrogens (primary N) is 1. The van der Waals surface area contributed by atoms with Crippen molar-refractivity contribution in [1.82, 2.24) is 15.3 Å². The van der Waals surface area contributed by atoms with Gasteiger partial charge in [-0.2, -0.15) is 0 Å². The van der Waals surface area contributed by atoms with E-state index in [1.54, 1.807) is 6.92 Å². The highest BCUT2D eigenvalue weighted by atomic mass is 16.4. The first-order chi connectivity index (χ1) is 15.7. The van der Waals surface area contributed by atoms with Crippen molar-refractivity contribution in [2.45, 2.75) is 25.8 Å². The SMILES string of the molecule is C[C@H](CC(Cc1ccc(-c2ccccc2)cc1)NC(=O)c1nc(N)cc(C(=O)O)n1)C(=O)O. The summed E-state index contributed by atoms with van der Waals surface area (Å²) in [6.45, 7) is 1.56. The molecule has 2 aromatic carbocycles. The number of aliphatic carboxylic acids is 1. The number of rotatable bonds is 9. The summed E-state index contributed by atoms with van der Waals surface area (Å²) in [4.78, 5) is 42.9. The Morgan fingerprint density at radius 1 is 0.970 bits per heavy atom. The molecule has 0 bridgehead atoms. The molecule has 0 aliphatic carbocycles. The highest BCUT2D eigenvalue weighted by Crippen LogP contribution is 2.21. The number of nitrogens with one attached hydrogen (secondary N) is 1. The zero-order chi connectivity index (χ0) is 24.0. The highest BCUT2D eigenvalue weighted by molar-refractivity contribution is 5.93. The van der Waals surface area contributed by atoms with E-state index >= 15 is 0 Å². The third kappa shape index (κ3) is 6.36. The van der Waals surface area contributed by atoms with E-state index < -0.39 is 35.5 Å². The van der Waals surface area contributed by atoms with E-state index in [9.17, 15) is 19.5 Å². The topological polar surface area (TPSA) is 156 Å². The van der Waals surface area contributed by atoms with Crippen LogP contribution in [0.2, 0.25) is 0 Å². The Bertz CT molecular complexity index is 1150. The summed E-state index contributed by atoms with van der Waals surface area (Å²) >= 11 is 0. The molecule has 1 unspecified atom stereocenters. The summed E-state index contributed by atoms with van der Waals surface area (Å²) in [6, 6.07) is 18.1. The fourth-order valence-corrected chi connectivity index (χ4v) is 3.40. The molecule has 1 heterocycles. The molecule has 0 saturated carbocycles. The Kier molecular flexibility index (Phi) is 7.34. The molecule has 0 saturated heterocycles. The minimum Gasteiger partial charge on any atom is -0.481 e. The molecule has 3 aromatic rings. The molecule has 0 aliphatic heterocycles. The number of carboxylic acid groups (broad SMARTS) is 2. The summed E-state index contributed by atoms with van der Waals surface area (Å²) in [5, 5.41) is 21.2. The first-order valence-electron chi connectivity index (χ1n) is 10.3. The van der Waals surface area contributed by atoms with Gasteiger partial charge in [-0.1, -0.05) is 61.5 Å². The summed E-state index contributed by atoms with van der Waals surface area (Å²) in [5.74, 6) is -4.31. The molecular weight excluding hydrogens is 424 g/mol. The van der Waals surface area contributed by atoms with Crippen LogP contribution in [0.5, 0.6) is 0 Å². The van der Waals surface area contributed by atoms with Gasteiger partial charge in [0.05, 0.1) is 5.92 Å². The molecule has 170 valence electrons. The zero-order valence-corrected chi connectivity index (χ0v) is 17.9. The number of aromatic carboxylic acids is 1. The van der Waals surface area contributed by atoms with E-state index in [-0.39, 0.29) is 18.1 Å². The number of amides is 1. The van der Waals surface area contributed by atoms with E-state index in [2.05, 4.69) is 15.3 Å². The second kappa shape index (κ2) is 10.4. The molecule has 1 amide bonds. The van der Waals surface area contributed by atoms with E-state index in [4.69, 9.17) is 10.8 Å². The molecule has 0 spiro atoms. The predicted octanol–water partition coefficient (Wildman–Crippen LogP) is 2.88. The summed E-state index contributed by atoms with van der Waals surface area (Å²) in [5.41, 5.74) is 8.20. The number of aromatic nitrogens is 2. The first-order valence-corrected chi connectivity index (χ1v) is 10.3. The number of nitrogens with zero attached hydrogens (tertiary/aromatic N) is 2. The van der Waals surface area contributed by atoms with Gasteiger partial charge in [0.2, 0.25) is 5.82 Å². The van der Waals surface area contributed by atoms with Crippen molar-refractivity contribution in [3.8, 4) is 11.1 Å². The van der Waals surface area contributed by atoms with Crippen molar-refractivity contribution < 1.29 is 24.6 Å². The van der Waals surface area contributed by atoms with Gasteiger partial charge in [-0.05, 0) is 29.5 Å². The van der Waals surface area contributed by atoms with Crippen LogP contribution in [-0.2, 0) is 11.2 Å². The zero-order valence-electron chi connectivity index (χ0n) is 17.9. The van der Waals surface area contributed by atoms with Gasteiger partial charge in [0, 0.05) is 12.1 Å². The maximum Gasteiger partial charge on any atom is 0.354 e. The molecule has 0 fully saturated rings. The van der Waals surface area contributed by atoms with Gasteiger partial charge in [-0.25, -0.2) is 14.8 Å². The largest absolute Gasteiger partial charge is 0.481 e. The van der Waals surface area contributed by atoms with Gasteiger partial charge in [-0.15, -0.1) is 0 Å². The average Bonchev–Trinajstić information content (AvgIpc) is 2.79. The molecule has 2 atom stereocenters. The van der Waals surface area contributed by atoms with E-state index in [1.807, 2.05) is 54.6 Å². The number of nitrogen functional groups attached to an aromatic ring is 1. The minimum absolute atomic E-state index is 0.153. The molecule has 0 radical (unpaired) electrons. The van der Waals surface area contributed by atoms with Gasteiger partial charge in [0.15, 0.2) is 5.69 Å². The number of benzene rings is 2. The normalized spacial score (nSPS) is 12.5. The number of carboxylic acids is 2. The van der Waals surface area contributed by atoms with E-state index in [1.165, 1.54) is 0 Å². The van der Waals surface area contributed by atoms with Gasteiger partial charge in [0.25, 0.3) is 5.91 Å². The lowest BCUT2D eigenvalue weighted by Crippen LogP contribution is -2.39. The maximum atomic E-state index is 12.7. The van der Waals surface area contributed by atoms with Crippen LogP contribution < -0.4 is 11.1 Å². The fraction of sp³-hybridized carbons (Fsp3) is 0.208. The second-order valence-corrected chi connectivity index (χ2v) is 7.72. The van der Waals surface area contributed by atoms with Crippen LogP contribution in [0.3, 0.4) is 0 Å². The molecule has 1 aromatic heterocycles. The van der Waals surface area contributed by atoms with Crippen LogP contribution >= 0.6 is 0 Å². The lowest BCUT2D eigenvalue weighted by Gasteiger charge is -2.21. The molecule has 5 N–H and O–H groups in total. The van der Waals surface area contributed by atoms with Gasteiger partial charge < -0.3 is 21.3 Å². The highest BCUT2D eigenvalue weighted by Gasteiger charge is 2.23. The lowest BCUT2D eigenvalue weighted by molar-refractivity contribution is -0.141. The Morgan fingerprint density at radius 2 is 1.61 bits per heavy atom. The van der Waals surface area contributed by atoms with E-state index in [0.717, 1.165) is 22.8 Å². The van der Waals surface area contributed by atoms with Crippen LogP contribution in [0.1, 0.15) is 40.0 Å². The summed E-state index contributed by atoms with van der Waals surface area (Å²) in [6.07, 6.45) is 0.530. The van der Waals surface area contributed by atoms with Crippen molar-refractivity contribution in [1.29, 1.82) is 0 Å². The van der Waals surface area contributed by atoms with E-state index in [0.29, 0.717) is 6.42 Å². The molecule has 0 aliphatic rings. The summed E-state index contributed by atoms with van der Waals surface area (Å²) in [7, 11) is 0. The fourth-order valence-electron chi connectivity index (χ4n) is 3.40. The van der Waals surface area contributed by atoms with Crippen molar-refractivity contribution >= 4 is 23.7 Å². The molecule has 9 nitrogen and oxygen atoms in total. The van der Waals surface area contributed by atoms with Gasteiger partial charge in [0.1, 0.15) is 5.82 Å². The quantitative estimate of drug-likeness (QED) is 0.389. The molecule has 9 heteroatoms. The standard InChI is InChI=1S/C24H24N4O5/c1-14(23(30)31)11-18(26-22(29)21-27-19(24(32)33)13-20(25)28-21)12-15-7-9-17(10-8-15)16-5-3-2-4-6-16/h2-10,13-14,18H,11-12H2,1H3,(H,26,29)(H,30,31)(H,32,33)(H2,25,27,28)/t14-,18?/m1/s1. The number of hydrogen-bond acceptors (Lipinski definition) is 6. The molecule has 3 rings (SSSR count). The third-order valence-electron chi connectivity index (χ3n) is 5.11. The number of carbonyl (C=O) groups is 3. The van der Waals surface area contributed by atoms with Crippen LogP contribution in [-0.4, -0.2) is 44.1 Å². The number of anilines is 1. The van der Waals surface area contributed by atoms with Crippen LogP contribution in [0.15, 0.2) is 60.7 Å². The van der Waals surface area contributed by atoms with Crippen molar-refractivity contribution in [2.75, 3.05) is 5.73 Å². The molecule has 33 heavy (non-hydrogen) atoms. The number of hydrogen-bond donors (Lipinski definition) is 4. The predicted molar refractivity (Wildman–Crippen MR) is 122 cm³/mol. The third-order valence-corrected chi connectivity index (χ3v) is 5.11. The van der Waals surface area contributed by atoms with Crippen LogP contribution in [0, 0.1) is 5.92 Å². The molecular formula is C24H24N4O5. The van der Waals surface area contributed by atoms with Gasteiger partial charge >= 0.3 is 11.9 Å². The smallest absolute Gasteiger partial charge is 0.354 e. The second-order valence-electron chi connectivity index (χ2n) is 7.72.